The molecule has 4 nitrogen and oxygen atoms in total. The van der Waals surface area contributed by atoms with Gasteiger partial charge in [0.15, 0.2) is 0 Å². The van der Waals surface area contributed by atoms with Crippen molar-refractivity contribution < 1.29 is 15.4 Å². The predicted octanol–water partition coefficient (Wildman–Crippen LogP) is -1.20. The van der Waals surface area contributed by atoms with Crippen LogP contribution in [0.15, 0.2) is 0 Å². The molecule has 1 aliphatic rings. The topological polar surface area (TPSA) is 63.9 Å². The molecule has 1 heterocycles. The highest BCUT2D eigenvalue weighted by Gasteiger charge is 2.28. The molecule has 9 heavy (non-hydrogen) atoms. The predicted molar refractivity (Wildman–Crippen MR) is 30.0 cm³/mol. The maximum atomic E-state index is 8.89. The highest BCUT2D eigenvalue weighted by molar-refractivity contribution is 4.78. The Morgan fingerprint density at radius 1 is 1.56 bits per heavy atom. The number of aliphatic hydroxyl groups is 2. The Balaban J connectivity index is 2.38. The van der Waals surface area contributed by atoms with E-state index in [0.717, 1.165) is 5.06 Å². The zero-order chi connectivity index (χ0) is 6.85. The summed E-state index contributed by atoms with van der Waals surface area (Å²) in [4.78, 5) is 0. The first-order valence-electron chi connectivity index (χ1n) is 2.98. The van der Waals surface area contributed by atoms with E-state index in [1.165, 1.54) is 0 Å². The van der Waals surface area contributed by atoms with E-state index in [1.54, 1.807) is 0 Å². The average molecular weight is 133 g/mol. The van der Waals surface area contributed by atoms with Crippen LogP contribution in [0.3, 0.4) is 0 Å². The zero-order valence-electron chi connectivity index (χ0n) is 5.06. The summed E-state index contributed by atoms with van der Waals surface area (Å²) < 4.78 is 0. The van der Waals surface area contributed by atoms with Crippen LogP contribution in [0, 0.1) is 0 Å². The van der Waals surface area contributed by atoms with Gasteiger partial charge in [0.1, 0.15) is 0 Å². The van der Waals surface area contributed by atoms with Crippen LogP contribution >= 0.6 is 0 Å². The van der Waals surface area contributed by atoms with E-state index in [1.807, 2.05) is 0 Å². The monoisotopic (exact) mass is 133 g/mol. The summed E-state index contributed by atoms with van der Waals surface area (Å²) in [6.45, 7) is 0.165. The van der Waals surface area contributed by atoms with E-state index in [-0.39, 0.29) is 19.2 Å². The van der Waals surface area contributed by atoms with Crippen LogP contribution in [-0.4, -0.2) is 45.8 Å². The van der Waals surface area contributed by atoms with E-state index in [2.05, 4.69) is 0 Å². The van der Waals surface area contributed by atoms with Gasteiger partial charge in [0, 0.05) is 0 Å². The maximum Gasteiger partial charge on any atom is 0.0707 e. The number of hydrogen-bond acceptors (Lipinski definition) is 4. The van der Waals surface area contributed by atoms with Gasteiger partial charge >= 0.3 is 0 Å². The molecule has 1 aliphatic heterocycles. The first-order chi connectivity index (χ1) is 4.24. The molecule has 1 saturated heterocycles. The summed E-state index contributed by atoms with van der Waals surface area (Å²) in [5.41, 5.74) is 0. The fraction of sp³-hybridized carbons (Fsp3) is 1.00. The lowest BCUT2D eigenvalue weighted by Gasteiger charge is -2.12. The Morgan fingerprint density at radius 2 is 2.22 bits per heavy atom. The number of nitrogens with zero attached hydrogens (tertiary/aromatic N) is 1. The molecule has 0 saturated carbocycles. The Labute approximate surface area is 53.3 Å². The van der Waals surface area contributed by atoms with Crippen LogP contribution in [0.5, 0.6) is 0 Å². The lowest BCUT2D eigenvalue weighted by molar-refractivity contribution is -0.116. The molecule has 4 heteroatoms. The lowest BCUT2D eigenvalue weighted by atomic mass is 10.2. The van der Waals surface area contributed by atoms with Crippen molar-refractivity contribution in [1.82, 2.24) is 5.06 Å². The quantitative estimate of drug-likeness (QED) is 0.420. The molecule has 2 atom stereocenters. The third-order valence-corrected chi connectivity index (χ3v) is 1.57. The van der Waals surface area contributed by atoms with Crippen LogP contribution in [0.1, 0.15) is 6.42 Å². The number of rotatable bonds is 1. The van der Waals surface area contributed by atoms with Crippen LogP contribution in [-0.2, 0) is 0 Å². The molecule has 0 spiro atoms. The van der Waals surface area contributed by atoms with Gasteiger partial charge in [-0.1, -0.05) is 0 Å². The van der Waals surface area contributed by atoms with E-state index in [4.69, 9.17) is 15.4 Å². The van der Waals surface area contributed by atoms with Gasteiger partial charge in [0.25, 0.3) is 0 Å². The van der Waals surface area contributed by atoms with E-state index in [0.29, 0.717) is 6.42 Å². The Hall–Kier alpha value is -0.160. The number of hydrogen-bond donors (Lipinski definition) is 3. The molecule has 3 N–H and O–H groups in total. The summed E-state index contributed by atoms with van der Waals surface area (Å²) in [5, 5.41) is 27.3. The molecule has 0 aromatic heterocycles. The molecule has 0 aromatic carbocycles. The highest BCUT2D eigenvalue weighted by Crippen LogP contribution is 2.13. The highest BCUT2D eigenvalue weighted by atomic mass is 16.5. The van der Waals surface area contributed by atoms with Crippen molar-refractivity contribution in [2.75, 3.05) is 13.2 Å². The van der Waals surface area contributed by atoms with Gasteiger partial charge in [-0.2, -0.15) is 5.06 Å². The largest absolute Gasteiger partial charge is 0.395 e. The molecular formula is C5H11NO3. The average Bonchev–Trinajstić information content (AvgIpc) is 2.10. The summed E-state index contributed by atoms with van der Waals surface area (Å²) in [7, 11) is 0. The molecule has 54 valence electrons. The van der Waals surface area contributed by atoms with Crippen molar-refractivity contribution >= 4 is 0 Å². The smallest absolute Gasteiger partial charge is 0.0707 e. The van der Waals surface area contributed by atoms with Crippen molar-refractivity contribution in [2.45, 2.75) is 18.6 Å². The second-order valence-electron chi connectivity index (χ2n) is 2.35. The second-order valence-corrected chi connectivity index (χ2v) is 2.35. The molecule has 0 aliphatic carbocycles. The molecule has 1 fully saturated rings. The summed E-state index contributed by atoms with van der Waals surface area (Å²) in [6, 6.07) is -0.264. The van der Waals surface area contributed by atoms with E-state index >= 15 is 0 Å². The third-order valence-electron chi connectivity index (χ3n) is 1.57. The van der Waals surface area contributed by atoms with Gasteiger partial charge in [-0.3, -0.25) is 0 Å². The Morgan fingerprint density at radius 3 is 2.44 bits per heavy atom. The minimum absolute atomic E-state index is 0.0897. The van der Waals surface area contributed by atoms with Gasteiger partial charge < -0.3 is 15.4 Å². The van der Waals surface area contributed by atoms with Gasteiger partial charge in [-0.25, -0.2) is 0 Å². The van der Waals surface area contributed by atoms with Crippen molar-refractivity contribution in [3.8, 4) is 0 Å². The molecule has 0 radical (unpaired) electrons. The minimum Gasteiger partial charge on any atom is -0.395 e. The molecular weight excluding hydrogens is 122 g/mol. The summed E-state index contributed by atoms with van der Waals surface area (Å²) >= 11 is 0. The van der Waals surface area contributed by atoms with Crippen molar-refractivity contribution in [1.29, 1.82) is 0 Å². The number of aliphatic hydroxyl groups excluding tert-OH is 2. The molecule has 1 rings (SSSR count). The first-order valence-corrected chi connectivity index (χ1v) is 2.98. The van der Waals surface area contributed by atoms with Crippen LogP contribution in [0.2, 0.25) is 0 Å². The van der Waals surface area contributed by atoms with E-state index < -0.39 is 6.10 Å². The standard InChI is InChI=1S/C5H11NO3/c7-3-4-1-5(8)2-6(4)9/h4-5,7-9H,1-3H2/t4-,5+/m0/s1. The molecule has 0 aromatic rings. The normalized spacial score (nSPS) is 37.7. The van der Waals surface area contributed by atoms with E-state index in [9.17, 15) is 0 Å². The number of hydroxylamine groups is 2. The fourth-order valence-electron chi connectivity index (χ4n) is 1.04. The van der Waals surface area contributed by atoms with Crippen molar-refractivity contribution in [3.63, 3.8) is 0 Å². The SMILES string of the molecule is OC[C@@H]1C[C@@H](O)CN1O. The molecule has 0 bridgehead atoms. The first kappa shape index (κ1) is 6.95. The van der Waals surface area contributed by atoms with Crippen molar-refractivity contribution in [3.05, 3.63) is 0 Å². The minimum atomic E-state index is -0.479. The van der Waals surface area contributed by atoms with Gasteiger partial charge in [0.2, 0.25) is 0 Å². The van der Waals surface area contributed by atoms with Gasteiger partial charge in [0.05, 0.1) is 25.3 Å². The molecule has 0 amide bonds. The summed E-state index contributed by atoms with van der Waals surface area (Å²) in [5.74, 6) is 0. The lowest BCUT2D eigenvalue weighted by Crippen LogP contribution is -2.28. The fourth-order valence-corrected chi connectivity index (χ4v) is 1.04. The number of β-amino-alcohol motifs (C(OH)–C–C–N with tert-alkyl or cyclic N) is 1. The summed E-state index contributed by atoms with van der Waals surface area (Å²) in [6.07, 6.45) is -0.0142. The second kappa shape index (κ2) is 2.62. The van der Waals surface area contributed by atoms with Crippen molar-refractivity contribution in [2.24, 2.45) is 0 Å². The zero-order valence-corrected chi connectivity index (χ0v) is 5.06. The Kier molecular flexibility index (Phi) is 2.02. The maximum absolute atomic E-state index is 8.89. The Bertz CT molecular complexity index is 98.2. The third kappa shape index (κ3) is 1.40. The van der Waals surface area contributed by atoms with Crippen LogP contribution in [0.4, 0.5) is 0 Å². The van der Waals surface area contributed by atoms with Crippen LogP contribution < -0.4 is 0 Å². The van der Waals surface area contributed by atoms with Crippen LogP contribution in [0.25, 0.3) is 0 Å². The van der Waals surface area contributed by atoms with Gasteiger partial charge in [-0.15, -0.1) is 0 Å². The molecule has 0 unspecified atom stereocenters. The van der Waals surface area contributed by atoms with Gasteiger partial charge in [-0.05, 0) is 6.42 Å².